The van der Waals surface area contributed by atoms with Gasteiger partial charge in [0.1, 0.15) is 5.75 Å². The first-order chi connectivity index (χ1) is 30.0. The van der Waals surface area contributed by atoms with Gasteiger partial charge in [0.2, 0.25) is 0 Å². The highest BCUT2D eigenvalue weighted by Crippen LogP contribution is 2.39. The molecule has 4 rings (SSSR count). The van der Waals surface area contributed by atoms with Crippen molar-refractivity contribution >= 4 is 5.97 Å². The molecule has 0 aromatic heterocycles. The van der Waals surface area contributed by atoms with Gasteiger partial charge in [-0.25, -0.2) is 0 Å². The molecule has 2 aliphatic rings. The van der Waals surface area contributed by atoms with Gasteiger partial charge in [0.25, 0.3) is 0 Å². The highest BCUT2D eigenvalue weighted by Gasteiger charge is 2.42. The van der Waals surface area contributed by atoms with E-state index in [1.54, 1.807) is 18.2 Å². The van der Waals surface area contributed by atoms with E-state index in [1.165, 1.54) is 0 Å². The normalized spacial score (nSPS) is 25.9. The van der Waals surface area contributed by atoms with Crippen LogP contribution in [0.5, 0.6) is 5.75 Å². The van der Waals surface area contributed by atoms with Crippen molar-refractivity contribution < 1.29 is 45.6 Å². The van der Waals surface area contributed by atoms with Crippen LogP contribution in [0.15, 0.2) is 71.8 Å². The van der Waals surface area contributed by atoms with E-state index < -0.39 is 66.6 Å². The minimum atomic E-state index is -1.44. The van der Waals surface area contributed by atoms with E-state index in [9.17, 15) is 45.6 Å². The number of aliphatic hydroxyl groups is 6. The number of unbranched alkanes of at least 4 members (excludes halogenated alkanes) is 1. The van der Waals surface area contributed by atoms with Gasteiger partial charge in [-0.15, -0.1) is 0 Å². The van der Waals surface area contributed by atoms with E-state index in [1.807, 2.05) is 56.3 Å². The number of carboxylic acids is 1. The highest BCUT2D eigenvalue weighted by atomic mass is 16.4. The van der Waals surface area contributed by atoms with Crippen LogP contribution in [-0.2, 0) is 11.2 Å². The monoisotopic (exact) mass is 875 g/mol. The van der Waals surface area contributed by atoms with Crippen molar-refractivity contribution in [2.45, 2.75) is 191 Å². The molecular weight excluding hydrogens is 797 g/mol. The van der Waals surface area contributed by atoms with Crippen molar-refractivity contribution in [1.29, 1.82) is 0 Å². The number of fused-ring (bicyclic) bond motifs is 1. The largest absolute Gasteiger partial charge is 0.508 e. The van der Waals surface area contributed by atoms with Crippen LogP contribution < -0.4 is 10.6 Å². The van der Waals surface area contributed by atoms with E-state index >= 15 is 0 Å². The predicted octanol–water partition coefficient (Wildman–Crippen LogP) is 6.65. The number of carbonyl (C=O) groups is 1. The van der Waals surface area contributed by atoms with Crippen LogP contribution in [0.1, 0.15) is 147 Å². The third-order valence-corrected chi connectivity index (χ3v) is 13.4. The Balaban J connectivity index is 1.94. The van der Waals surface area contributed by atoms with Crippen molar-refractivity contribution in [1.82, 2.24) is 10.6 Å². The number of aliphatic hydroxyl groups excluding tert-OH is 5. The minimum Gasteiger partial charge on any atom is -0.508 e. The molecule has 2 heterocycles. The lowest BCUT2D eigenvalue weighted by Gasteiger charge is -2.43. The van der Waals surface area contributed by atoms with Crippen molar-refractivity contribution in [3.8, 4) is 17.6 Å². The van der Waals surface area contributed by atoms with Gasteiger partial charge in [0.15, 0.2) is 0 Å². The molecule has 63 heavy (non-hydrogen) atoms. The Bertz CT molecular complexity index is 1820. The molecule has 0 unspecified atom stereocenters. The number of aryl methyl sites for hydroxylation is 1. The number of aliphatic carboxylic acids is 1. The van der Waals surface area contributed by atoms with Crippen LogP contribution in [0.3, 0.4) is 0 Å². The molecule has 2 aromatic rings. The molecule has 1 fully saturated rings. The Morgan fingerprint density at radius 3 is 2.38 bits per heavy atom. The summed E-state index contributed by atoms with van der Waals surface area (Å²) in [4.78, 5) is 12.0. The second-order valence-corrected chi connectivity index (χ2v) is 19.0. The van der Waals surface area contributed by atoms with E-state index in [4.69, 9.17) is 0 Å². The lowest BCUT2D eigenvalue weighted by Crippen LogP contribution is -2.56. The number of phenolic OH excluding ortho intramolecular Hbond substituents is 1. The third kappa shape index (κ3) is 16.1. The van der Waals surface area contributed by atoms with Crippen molar-refractivity contribution in [2.24, 2.45) is 11.8 Å². The van der Waals surface area contributed by atoms with Gasteiger partial charge in [0, 0.05) is 48.5 Å². The third-order valence-electron chi connectivity index (χ3n) is 13.4. The summed E-state index contributed by atoms with van der Waals surface area (Å²) in [7, 11) is 0. The quantitative estimate of drug-likeness (QED) is 0.0602. The predicted molar refractivity (Wildman–Crippen MR) is 249 cm³/mol. The molecule has 10 N–H and O–H groups in total. The molecule has 0 radical (unpaired) electrons. The maximum atomic E-state index is 13.1. The second-order valence-electron chi connectivity index (χ2n) is 19.0. The molecule has 0 amide bonds. The Morgan fingerprint density at radius 1 is 0.968 bits per heavy atom. The summed E-state index contributed by atoms with van der Waals surface area (Å²) in [6.07, 6.45) is 6.84. The van der Waals surface area contributed by atoms with E-state index in [0.29, 0.717) is 44.4 Å². The van der Waals surface area contributed by atoms with Gasteiger partial charge in [-0.1, -0.05) is 101 Å². The first kappa shape index (κ1) is 52.1. The molecule has 0 saturated carbocycles. The summed E-state index contributed by atoms with van der Waals surface area (Å²) >= 11 is 0. The molecule has 1 saturated heterocycles. The number of phenols is 1. The molecule has 11 nitrogen and oxygen atoms in total. The van der Waals surface area contributed by atoms with Crippen molar-refractivity contribution in [2.75, 3.05) is 6.61 Å². The van der Waals surface area contributed by atoms with Gasteiger partial charge in [-0.2, -0.15) is 0 Å². The fourth-order valence-corrected chi connectivity index (χ4v) is 9.56. The number of hydrogen-bond donors (Lipinski definition) is 10. The van der Waals surface area contributed by atoms with Crippen LogP contribution in [-0.4, -0.2) is 108 Å². The number of allylic oxidation sites excluding steroid dienone is 2. The minimum absolute atomic E-state index is 0.0374. The van der Waals surface area contributed by atoms with Crippen LogP contribution in [0.2, 0.25) is 0 Å². The number of rotatable bonds is 21. The Labute approximate surface area is 376 Å². The Morgan fingerprint density at radius 2 is 1.70 bits per heavy atom. The number of hydrogen-bond acceptors (Lipinski definition) is 10. The fourth-order valence-electron chi connectivity index (χ4n) is 9.56. The maximum Gasteiger partial charge on any atom is 0.303 e. The Hall–Kier alpha value is -3.57. The van der Waals surface area contributed by atoms with Crippen LogP contribution in [0.25, 0.3) is 0 Å². The Kier molecular flexibility index (Phi) is 21.3. The van der Waals surface area contributed by atoms with Crippen LogP contribution in [0, 0.1) is 23.7 Å². The fraction of sp³-hybridized carbons (Fsp3) is 0.635. The van der Waals surface area contributed by atoms with Crippen LogP contribution in [0.4, 0.5) is 0 Å². The van der Waals surface area contributed by atoms with Gasteiger partial charge < -0.3 is 51.5 Å². The second kappa shape index (κ2) is 25.8. The van der Waals surface area contributed by atoms with E-state index in [2.05, 4.69) is 43.2 Å². The molecule has 2 aromatic carbocycles. The molecule has 0 bridgehead atoms. The smallest absolute Gasteiger partial charge is 0.303 e. The van der Waals surface area contributed by atoms with Crippen molar-refractivity contribution in [3.05, 3.63) is 88.5 Å². The average Bonchev–Trinajstić information content (AvgIpc) is 3.43. The number of nitrogens with one attached hydrogen (secondary N) is 2. The molecule has 11 heteroatoms. The standard InChI is InChI=1S/C52H78N2O9/c1-6-7-17-46(58)47(59)29-24-38-21-20-37-14-9-8-13-36(37)15-11-18-49(52(5,63)44(27-19-34(2)3)39-22-25-41(56)26-23-39)54-45(43(38)32-42(57)33-55)28-30-48(60)51-40(31-50(61)62)16-10-12-35(4)53-51/h8-9,13-14,22-26,29,34-35,40,42,44-49,51,53-60,63H,6-7,10,12,16-21,27-28,30-33H2,1-5H3,(H,61,62)/b29-24+,43-38+/t35-,40+,42+,44-,45+,46+,47-,48+,49-,51-,52+/m1/s1. The SMILES string of the molecule is CCCC[C@H](O)[C@H](O)/C=C/C1=C(\C[C@H](O)CO)[C@H](CC[C@H](O)[C@@H]2N[C@H](C)CCC[C@H]2CC(=O)O)N[C@@H]([C@@](C)(O)[C@H](CCC(C)C)c2ccc(O)cc2)CC#Cc2ccccc2CC1. The zero-order valence-corrected chi connectivity index (χ0v) is 38.4. The summed E-state index contributed by atoms with van der Waals surface area (Å²) in [5, 5.41) is 96.4. The number of aromatic hydroxyl groups is 1. The molecule has 0 spiro atoms. The first-order valence-electron chi connectivity index (χ1n) is 23.6. The number of benzene rings is 2. The van der Waals surface area contributed by atoms with Gasteiger partial charge in [0.05, 0.1) is 36.6 Å². The average molecular weight is 875 g/mol. The molecule has 2 aliphatic heterocycles. The first-order valence-corrected chi connectivity index (χ1v) is 23.6. The molecular formula is C52H78N2O9. The summed E-state index contributed by atoms with van der Waals surface area (Å²) in [6.45, 7) is 9.67. The molecule has 11 atom stereocenters. The number of carboxylic acid groups (broad SMARTS) is 1. The zero-order valence-electron chi connectivity index (χ0n) is 38.4. The molecule has 350 valence electrons. The maximum absolute atomic E-state index is 13.1. The highest BCUT2D eigenvalue weighted by molar-refractivity contribution is 5.67. The summed E-state index contributed by atoms with van der Waals surface area (Å²) in [5.41, 5.74) is 2.78. The lowest BCUT2D eigenvalue weighted by molar-refractivity contribution is -0.138. The topological polar surface area (TPSA) is 203 Å². The van der Waals surface area contributed by atoms with Crippen molar-refractivity contribution in [3.63, 3.8) is 0 Å². The zero-order chi connectivity index (χ0) is 46.1. The summed E-state index contributed by atoms with van der Waals surface area (Å²) < 4.78 is 0. The summed E-state index contributed by atoms with van der Waals surface area (Å²) in [5.74, 6) is 5.69. The van der Waals surface area contributed by atoms with E-state index in [-0.39, 0.29) is 43.4 Å². The summed E-state index contributed by atoms with van der Waals surface area (Å²) in [6, 6.07) is 13.2. The van der Waals surface area contributed by atoms with Gasteiger partial charge in [-0.05, 0) is 124 Å². The van der Waals surface area contributed by atoms with E-state index in [0.717, 1.165) is 59.9 Å². The van der Waals surface area contributed by atoms with Gasteiger partial charge in [-0.3, -0.25) is 4.79 Å². The van der Waals surface area contributed by atoms with Crippen LogP contribution >= 0.6 is 0 Å². The van der Waals surface area contributed by atoms with Gasteiger partial charge >= 0.3 is 5.97 Å². The lowest BCUT2D eigenvalue weighted by atomic mass is 9.73. The molecule has 0 aliphatic carbocycles.